The fraction of sp³-hybridized carbons (Fsp3) is 0.0909. The summed E-state index contributed by atoms with van der Waals surface area (Å²) in [6, 6.07) is 31.9. The van der Waals surface area contributed by atoms with Crippen molar-refractivity contribution in [3.8, 4) is 23.4 Å². The summed E-state index contributed by atoms with van der Waals surface area (Å²) in [6.07, 6.45) is 1.58. The van der Waals surface area contributed by atoms with Crippen LogP contribution in [0, 0.1) is 11.3 Å². The Balaban J connectivity index is 1.45. The molecule has 0 amide bonds. The molecular weight excluding hydrogens is 514 g/mol. The largest absolute Gasteiger partial charge is 0.488 e. The highest BCUT2D eigenvalue weighted by Gasteiger charge is 2.17. The molecule has 2 heterocycles. The van der Waals surface area contributed by atoms with Crippen molar-refractivity contribution in [1.82, 2.24) is 9.66 Å². The molecule has 200 valence electrons. The third kappa shape index (κ3) is 5.04. The lowest BCUT2D eigenvalue weighted by atomic mass is 10.1. The Bertz CT molecular complexity index is 2000. The average molecular weight is 540 g/mol. The Morgan fingerprint density at radius 3 is 2.61 bits per heavy atom. The fourth-order valence-electron chi connectivity index (χ4n) is 4.55. The Morgan fingerprint density at radius 2 is 1.78 bits per heavy atom. The number of hydrogen-bond donors (Lipinski definition) is 0. The molecule has 0 aliphatic rings. The average Bonchev–Trinajstić information content (AvgIpc) is 3.44. The van der Waals surface area contributed by atoms with Crippen LogP contribution < -0.4 is 15.2 Å². The molecule has 0 spiro atoms. The van der Waals surface area contributed by atoms with Crippen LogP contribution in [0.15, 0.2) is 111 Å². The van der Waals surface area contributed by atoms with E-state index in [9.17, 15) is 10.1 Å². The van der Waals surface area contributed by atoms with Crippen LogP contribution in [-0.4, -0.2) is 30.0 Å². The lowest BCUT2D eigenvalue weighted by Gasteiger charge is -2.16. The number of para-hydroxylation sites is 2. The molecular formula is C33H25N5O3. The molecule has 0 N–H and O–H groups in total. The van der Waals surface area contributed by atoms with Gasteiger partial charge in [0.05, 0.1) is 28.8 Å². The maximum atomic E-state index is 13.7. The summed E-state index contributed by atoms with van der Waals surface area (Å²) in [7, 11) is 3.88. The molecule has 0 unspecified atom stereocenters. The number of ether oxygens (including phenoxy) is 1. The number of benzene rings is 4. The molecule has 0 bridgehead atoms. The second-order valence-electron chi connectivity index (χ2n) is 9.64. The monoisotopic (exact) mass is 539 g/mol. The predicted molar refractivity (Wildman–Crippen MR) is 160 cm³/mol. The van der Waals surface area contributed by atoms with E-state index < -0.39 is 0 Å². The number of nitriles is 1. The summed E-state index contributed by atoms with van der Waals surface area (Å²) in [6.45, 7) is 0.198. The molecule has 0 radical (unpaired) electrons. The number of furan rings is 1. The van der Waals surface area contributed by atoms with Gasteiger partial charge in [-0.3, -0.25) is 4.79 Å². The Kier molecular flexibility index (Phi) is 6.76. The minimum absolute atomic E-state index is 0.198. The van der Waals surface area contributed by atoms with Crippen LogP contribution in [0.1, 0.15) is 16.7 Å². The zero-order chi connectivity index (χ0) is 28.3. The van der Waals surface area contributed by atoms with Crippen LogP contribution in [0.3, 0.4) is 0 Å². The van der Waals surface area contributed by atoms with Gasteiger partial charge >= 0.3 is 0 Å². The van der Waals surface area contributed by atoms with E-state index in [0.29, 0.717) is 39.1 Å². The van der Waals surface area contributed by atoms with Crippen LogP contribution in [0.2, 0.25) is 0 Å². The number of anilines is 1. The van der Waals surface area contributed by atoms with E-state index in [1.54, 1.807) is 30.5 Å². The third-order valence-corrected chi connectivity index (χ3v) is 6.75. The van der Waals surface area contributed by atoms with Gasteiger partial charge in [0.1, 0.15) is 17.9 Å². The highest BCUT2D eigenvalue weighted by atomic mass is 16.5. The molecule has 6 rings (SSSR count). The smallest absolute Gasteiger partial charge is 0.282 e. The van der Waals surface area contributed by atoms with E-state index in [1.165, 1.54) is 4.68 Å². The van der Waals surface area contributed by atoms with Gasteiger partial charge in [0, 0.05) is 42.4 Å². The summed E-state index contributed by atoms with van der Waals surface area (Å²) in [4.78, 5) is 20.4. The first-order chi connectivity index (χ1) is 20.0. The molecule has 0 aliphatic heterocycles. The maximum absolute atomic E-state index is 13.7. The van der Waals surface area contributed by atoms with Crippen molar-refractivity contribution in [3.63, 3.8) is 0 Å². The molecule has 41 heavy (non-hydrogen) atoms. The summed E-state index contributed by atoms with van der Waals surface area (Å²) in [5.74, 6) is 1.27. The number of fused-ring (bicyclic) bond motifs is 2. The molecule has 4 aromatic carbocycles. The number of rotatable bonds is 7. The third-order valence-electron chi connectivity index (χ3n) is 6.75. The second-order valence-corrected chi connectivity index (χ2v) is 9.64. The Hall–Kier alpha value is -5.68. The first-order valence-corrected chi connectivity index (χ1v) is 13.0. The van der Waals surface area contributed by atoms with Gasteiger partial charge in [0.25, 0.3) is 5.56 Å². The molecule has 0 saturated heterocycles. The number of hydrogen-bond acceptors (Lipinski definition) is 7. The number of aromatic nitrogens is 2. The highest BCUT2D eigenvalue weighted by molar-refractivity contribution is 5.86. The lowest BCUT2D eigenvalue weighted by Crippen LogP contribution is -2.20. The van der Waals surface area contributed by atoms with Crippen molar-refractivity contribution in [2.75, 3.05) is 19.0 Å². The van der Waals surface area contributed by atoms with Crippen LogP contribution in [0.25, 0.3) is 33.5 Å². The van der Waals surface area contributed by atoms with Crippen molar-refractivity contribution in [1.29, 1.82) is 5.26 Å². The van der Waals surface area contributed by atoms with Crippen LogP contribution >= 0.6 is 0 Å². The van der Waals surface area contributed by atoms with E-state index in [0.717, 1.165) is 16.6 Å². The van der Waals surface area contributed by atoms with Crippen molar-refractivity contribution >= 4 is 33.8 Å². The summed E-state index contributed by atoms with van der Waals surface area (Å²) < 4.78 is 13.5. The molecule has 0 aliphatic carbocycles. The van der Waals surface area contributed by atoms with Gasteiger partial charge in [-0.25, -0.2) is 4.98 Å². The number of nitrogens with zero attached hydrogens (tertiary/aromatic N) is 5. The molecule has 6 aromatic rings. The van der Waals surface area contributed by atoms with Crippen molar-refractivity contribution < 1.29 is 9.15 Å². The topological polar surface area (TPSA) is 96.7 Å². The van der Waals surface area contributed by atoms with E-state index in [1.807, 2.05) is 91.8 Å². The minimum atomic E-state index is -0.322. The Labute approximate surface area is 236 Å². The lowest BCUT2D eigenvalue weighted by molar-refractivity contribution is 0.305. The van der Waals surface area contributed by atoms with Crippen molar-refractivity contribution in [2.45, 2.75) is 6.61 Å². The van der Waals surface area contributed by atoms with Gasteiger partial charge in [-0.15, -0.1) is 0 Å². The fourth-order valence-corrected chi connectivity index (χ4v) is 4.55. The molecule has 2 aromatic heterocycles. The zero-order valence-electron chi connectivity index (χ0n) is 22.5. The van der Waals surface area contributed by atoms with Crippen molar-refractivity contribution in [2.24, 2.45) is 5.10 Å². The quantitative estimate of drug-likeness (QED) is 0.224. The van der Waals surface area contributed by atoms with E-state index in [2.05, 4.69) is 11.2 Å². The van der Waals surface area contributed by atoms with Gasteiger partial charge < -0.3 is 14.1 Å². The van der Waals surface area contributed by atoms with E-state index in [4.69, 9.17) is 14.1 Å². The Morgan fingerprint density at radius 1 is 1.00 bits per heavy atom. The van der Waals surface area contributed by atoms with Gasteiger partial charge in [-0.2, -0.15) is 15.0 Å². The molecule has 0 saturated carbocycles. The van der Waals surface area contributed by atoms with Gasteiger partial charge in [-0.05, 0) is 42.5 Å². The molecule has 0 fully saturated rings. The van der Waals surface area contributed by atoms with Crippen molar-refractivity contribution in [3.05, 3.63) is 124 Å². The van der Waals surface area contributed by atoms with Crippen LogP contribution in [-0.2, 0) is 6.61 Å². The van der Waals surface area contributed by atoms with Crippen LogP contribution in [0.5, 0.6) is 5.75 Å². The van der Waals surface area contributed by atoms with Crippen LogP contribution in [0.4, 0.5) is 5.69 Å². The van der Waals surface area contributed by atoms with E-state index in [-0.39, 0.29) is 18.0 Å². The standard InChI is InChI=1S/C33H25N5O3/c1-37(2)26-16-15-24(30(18-26)40-21-25-11-4-3-10-23(25)19-34)20-35-38-32(31-17-22-9-5-8-14-29(22)41-31)36-28-13-7-6-12-27(28)33(38)39/h3-18,20H,21H2,1-2H3. The summed E-state index contributed by atoms with van der Waals surface area (Å²) in [5.41, 5.74) is 3.82. The molecule has 0 atom stereocenters. The maximum Gasteiger partial charge on any atom is 0.282 e. The van der Waals surface area contributed by atoms with Gasteiger partial charge in [0.15, 0.2) is 5.76 Å². The van der Waals surface area contributed by atoms with Gasteiger partial charge in [-0.1, -0.05) is 48.5 Å². The summed E-state index contributed by atoms with van der Waals surface area (Å²) in [5, 5.41) is 15.4. The highest BCUT2D eigenvalue weighted by Crippen LogP contribution is 2.28. The minimum Gasteiger partial charge on any atom is -0.488 e. The molecule has 8 nitrogen and oxygen atoms in total. The summed E-state index contributed by atoms with van der Waals surface area (Å²) >= 11 is 0. The molecule has 8 heteroatoms. The normalized spacial score (nSPS) is 11.2. The van der Waals surface area contributed by atoms with Gasteiger partial charge in [0.2, 0.25) is 5.82 Å². The van der Waals surface area contributed by atoms with E-state index >= 15 is 0 Å². The zero-order valence-corrected chi connectivity index (χ0v) is 22.5. The predicted octanol–water partition coefficient (Wildman–Crippen LogP) is 6.21. The second kappa shape index (κ2) is 10.8. The SMILES string of the molecule is CN(C)c1ccc(C=Nn2c(-c3cc4ccccc4o3)nc3ccccc3c2=O)c(OCc2ccccc2C#N)c1. The first-order valence-electron chi connectivity index (χ1n) is 13.0. The first kappa shape index (κ1) is 25.6.